The van der Waals surface area contributed by atoms with Crippen LogP contribution in [0.5, 0.6) is 5.75 Å². The number of nitrogens with one attached hydrogen (secondary N) is 1. The van der Waals surface area contributed by atoms with Crippen molar-refractivity contribution in [2.24, 2.45) is 0 Å². The van der Waals surface area contributed by atoms with Gasteiger partial charge in [-0.2, -0.15) is 0 Å². The number of aromatic nitrogens is 1. The number of nitrogens with zero attached hydrogens (tertiary/aromatic N) is 2. The number of halogens is 1. The summed E-state index contributed by atoms with van der Waals surface area (Å²) < 4.78 is 5.78. The quantitative estimate of drug-likeness (QED) is 0.881. The van der Waals surface area contributed by atoms with Crippen LogP contribution >= 0.6 is 11.6 Å². The fraction of sp³-hybridized carbons (Fsp3) is 0.294. The lowest BCUT2D eigenvalue weighted by Gasteiger charge is -2.17. The van der Waals surface area contributed by atoms with E-state index in [9.17, 15) is 4.79 Å². The summed E-state index contributed by atoms with van der Waals surface area (Å²) in [6.07, 6.45) is 1.48. The highest BCUT2D eigenvalue weighted by atomic mass is 35.5. The summed E-state index contributed by atoms with van der Waals surface area (Å²) in [5.41, 5.74) is 0.556. The number of anilines is 1. The molecule has 0 unspecified atom stereocenters. The van der Waals surface area contributed by atoms with Gasteiger partial charge in [-0.1, -0.05) is 23.7 Å². The van der Waals surface area contributed by atoms with Crippen LogP contribution in [0.15, 0.2) is 42.6 Å². The van der Waals surface area contributed by atoms with Crippen molar-refractivity contribution in [1.29, 1.82) is 0 Å². The van der Waals surface area contributed by atoms with Crippen molar-refractivity contribution < 1.29 is 9.53 Å². The van der Waals surface area contributed by atoms with Crippen molar-refractivity contribution in [3.8, 4) is 5.75 Å². The number of rotatable bonds is 6. The number of amides is 1. The Morgan fingerprint density at radius 1 is 1.30 bits per heavy atom. The Balaban J connectivity index is 1.88. The third-order valence-corrected chi connectivity index (χ3v) is 3.46. The number of pyridine rings is 1. The van der Waals surface area contributed by atoms with Gasteiger partial charge < -0.3 is 15.0 Å². The average molecular weight is 334 g/mol. The van der Waals surface area contributed by atoms with Crippen LogP contribution in [0, 0.1) is 0 Å². The molecule has 1 N–H and O–H groups in total. The molecule has 0 aliphatic carbocycles. The lowest BCUT2D eigenvalue weighted by molar-refractivity contribution is 0.0827. The third kappa shape index (κ3) is 4.86. The molecule has 1 amide bonds. The number of benzene rings is 1. The first-order valence-electron chi connectivity index (χ1n) is 7.30. The Labute approximate surface area is 141 Å². The lowest BCUT2D eigenvalue weighted by atomic mass is 10.2. The smallest absolute Gasteiger partial charge is 0.254 e. The maximum atomic E-state index is 11.8. The Bertz CT molecular complexity index is 659. The SMILES string of the molecule is C[C@@H](CNc1ccc(C(=O)N(C)C)cn1)Oc1ccccc1Cl. The van der Waals surface area contributed by atoms with Crippen molar-refractivity contribution in [3.05, 3.63) is 53.2 Å². The Morgan fingerprint density at radius 3 is 2.65 bits per heavy atom. The molecule has 2 aromatic rings. The van der Waals surface area contributed by atoms with E-state index >= 15 is 0 Å². The van der Waals surface area contributed by atoms with E-state index in [2.05, 4.69) is 10.3 Å². The monoisotopic (exact) mass is 333 g/mol. The summed E-state index contributed by atoms with van der Waals surface area (Å²) in [4.78, 5) is 17.5. The van der Waals surface area contributed by atoms with Gasteiger partial charge in [0.25, 0.3) is 5.91 Å². The van der Waals surface area contributed by atoms with Crippen LogP contribution in [0.1, 0.15) is 17.3 Å². The first kappa shape index (κ1) is 17.1. The number of hydrogen-bond donors (Lipinski definition) is 1. The maximum absolute atomic E-state index is 11.8. The third-order valence-electron chi connectivity index (χ3n) is 3.15. The van der Waals surface area contributed by atoms with Crippen LogP contribution in [-0.2, 0) is 0 Å². The molecule has 0 aliphatic rings. The van der Waals surface area contributed by atoms with Crippen molar-refractivity contribution in [1.82, 2.24) is 9.88 Å². The number of carbonyl (C=O) groups is 1. The zero-order valence-electron chi connectivity index (χ0n) is 13.4. The van der Waals surface area contributed by atoms with Gasteiger partial charge in [0.1, 0.15) is 17.7 Å². The Kier molecular flexibility index (Phi) is 5.82. The summed E-state index contributed by atoms with van der Waals surface area (Å²) in [5.74, 6) is 1.28. The van der Waals surface area contributed by atoms with Crippen LogP contribution in [0.3, 0.4) is 0 Å². The molecule has 122 valence electrons. The minimum Gasteiger partial charge on any atom is -0.487 e. The standard InChI is InChI=1S/C17H20ClN3O2/c1-12(23-15-7-5-4-6-14(15)18)10-19-16-9-8-13(11-20-16)17(22)21(2)3/h4-9,11-12H,10H2,1-3H3,(H,19,20)/t12-/m0/s1. The van der Waals surface area contributed by atoms with Gasteiger partial charge in [-0.15, -0.1) is 0 Å². The fourth-order valence-corrected chi connectivity index (χ4v) is 2.11. The minimum atomic E-state index is -0.0835. The summed E-state index contributed by atoms with van der Waals surface area (Å²) in [6.45, 7) is 2.51. The molecule has 1 atom stereocenters. The zero-order valence-corrected chi connectivity index (χ0v) is 14.2. The fourth-order valence-electron chi connectivity index (χ4n) is 1.93. The molecule has 0 fully saturated rings. The van der Waals surface area contributed by atoms with E-state index in [-0.39, 0.29) is 12.0 Å². The van der Waals surface area contributed by atoms with Crippen molar-refractivity contribution in [2.75, 3.05) is 26.0 Å². The second-order valence-corrected chi connectivity index (χ2v) is 5.78. The molecule has 0 saturated heterocycles. The topological polar surface area (TPSA) is 54.5 Å². The number of para-hydroxylation sites is 1. The van der Waals surface area contributed by atoms with Crippen molar-refractivity contribution >= 4 is 23.3 Å². The van der Waals surface area contributed by atoms with E-state index < -0.39 is 0 Å². The number of carbonyl (C=O) groups excluding carboxylic acids is 1. The molecule has 0 saturated carbocycles. The second kappa shape index (κ2) is 7.83. The largest absolute Gasteiger partial charge is 0.487 e. The highest BCUT2D eigenvalue weighted by Gasteiger charge is 2.09. The summed E-state index contributed by atoms with van der Waals surface area (Å²) in [6, 6.07) is 10.9. The second-order valence-electron chi connectivity index (χ2n) is 5.37. The summed E-state index contributed by atoms with van der Waals surface area (Å²) in [7, 11) is 3.42. The van der Waals surface area contributed by atoms with Crippen LogP contribution in [0.4, 0.5) is 5.82 Å². The molecule has 0 radical (unpaired) electrons. The molecule has 0 aliphatic heterocycles. The van der Waals surface area contributed by atoms with E-state index in [0.717, 1.165) is 0 Å². The Hall–Kier alpha value is -2.27. The minimum absolute atomic E-state index is 0.0699. The first-order chi connectivity index (χ1) is 11.0. The van der Waals surface area contributed by atoms with E-state index in [1.165, 1.54) is 4.90 Å². The van der Waals surface area contributed by atoms with Gasteiger partial charge in [-0.25, -0.2) is 4.98 Å². The van der Waals surface area contributed by atoms with E-state index in [1.54, 1.807) is 38.5 Å². The van der Waals surface area contributed by atoms with Crippen molar-refractivity contribution in [2.45, 2.75) is 13.0 Å². The molecule has 1 aromatic heterocycles. The average Bonchev–Trinajstić information content (AvgIpc) is 2.55. The van der Waals surface area contributed by atoms with Gasteiger partial charge in [-0.05, 0) is 31.2 Å². The van der Waals surface area contributed by atoms with Gasteiger partial charge in [0, 0.05) is 20.3 Å². The molecule has 2 rings (SSSR count). The Morgan fingerprint density at radius 2 is 2.04 bits per heavy atom. The zero-order chi connectivity index (χ0) is 16.8. The lowest BCUT2D eigenvalue weighted by Crippen LogP contribution is -2.24. The van der Waals surface area contributed by atoms with E-state index in [4.69, 9.17) is 16.3 Å². The molecule has 0 spiro atoms. The van der Waals surface area contributed by atoms with E-state index in [1.807, 2.05) is 25.1 Å². The molecule has 23 heavy (non-hydrogen) atoms. The molecular formula is C17H20ClN3O2. The van der Waals surface area contributed by atoms with Crippen LogP contribution in [0.25, 0.3) is 0 Å². The first-order valence-corrected chi connectivity index (χ1v) is 7.68. The normalized spacial score (nSPS) is 11.7. The summed E-state index contributed by atoms with van der Waals surface area (Å²) in [5, 5.41) is 3.76. The van der Waals surface area contributed by atoms with Crippen LogP contribution in [-0.4, -0.2) is 42.5 Å². The molecule has 1 aromatic carbocycles. The van der Waals surface area contributed by atoms with Gasteiger partial charge >= 0.3 is 0 Å². The number of hydrogen-bond acceptors (Lipinski definition) is 4. The summed E-state index contributed by atoms with van der Waals surface area (Å²) >= 11 is 6.06. The van der Waals surface area contributed by atoms with Gasteiger partial charge in [-0.3, -0.25) is 4.79 Å². The predicted octanol–water partition coefficient (Wildman–Crippen LogP) is 3.32. The molecule has 5 nitrogen and oxygen atoms in total. The van der Waals surface area contributed by atoms with Gasteiger partial charge in [0.2, 0.25) is 0 Å². The predicted molar refractivity (Wildman–Crippen MR) is 92.3 cm³/mol. The van der Waals surface area contributed by atoms with Gasteiger partial charge in [0.05, 0.1) is 17.1 Å². The van der Waals surface area contributed by atoms with E-state index in [0.29, 0.717) is 28.7 Å². The number of ether oxygens (including phenoxy) is 1. The molecular weight excluding hydrogens is 314 g/mol. The highest BCUT2D eigenvalue weighted by molar-refractivity contribution is 6.32. The van der Waals surface area contributed by atoms with Crippen LogP contribution in [0.2, 0.25) is 5.02 Å². The van der Waals surface area contributed by atoms with Gasteiger partial charge in [0.15, 0.2) is 0 Å². The van der Waals surface area contributed by atoms with Crippen LogP contribution < -0.4 is 10.1 Å². The molecule has 6 heteroatoms. The molecule has 1 heterocycles. The highest BCUT2D eigenvalue weighted by Crippen LogP contribution is 2.24. The van der Waals surface area contributed by atoms with Crippen molar-refractivity contribution in [3.63, 3.8) is 0 Å². The maximum Gasteiger partial charge on any atom is 0.254 e. The molecule has 0 bridgehead atoms.